The fourth-order valence-electron chi connectivity index (χ4n) is 3.34. The summed E-state index contributed by atoms with van der Waals surface area (Å²) in [6, 6.07) is 16.1. The van der Waals surface area contributed by atoms with Gasteiger partial charge in [-0.3, -0.25) is 4.79 Å². The number of quaternary nitrogens is 1. The van der Waals surface area contributed by atoms with Gasteiger partial charge in [0.15, 0.2) is 0 Å². The summed E-state index contributed by atoms with van der Waals surface area (Å²) in [4.78, 5) is 15.6. The summed E-state index contributed by atoms with van der Waals surface area (Å²) in [5.41, 5.74) is 3.16. The molecule has 0 radical (unpaired) electrons. The predicted octanol–water partition coefficient (Wildman–Crippen LogP) is 0.960. The van der Waals surface area contributed by atoms with E-state index in [-0.39, 0.29) is 5.91 Å². The molecular formula is C20H26N3O2+. The van der Waals surface area contributed by atoms with Gasteiger partial charge in [0, 0.05) is 18.2 Å². The van der Waals surface area contributed by atoms with Crippen molar-refractivity contribution in [3.8, 4) is 5.75 Å². The number of rotatable bonds is 5. The fourth-order valence-corrected chi connectivity index (χ4v) is 3.34. The number of nitrogens with one attached hydrogen (secondary N) is 2. The summed E-state index contributed by atoms with van der Waals surface area (Å²) >= 11 is 0. The third kappa shape index (κ3) is 4.12. The second kappa shape index (κ2) is 8.03. The second-order valence-corrected chi connectivity index (χ2v) is 6.36. The number of carbonyl (C=O) groups is 1. The zero-order chi connectivity index (χ0) is 17.6. The van der Waals surface area contributed by atoms with E-state index in [1.54, 1.807) is 19.1 Å². The molecule has 0 aromatic heterocycles. The first-order chi connectivity index (χ1) is 12.2. The number of amides is 1. The van der Waals surface area contributed by atoms with E-state index >= 15 is 0 Å². The quantitative estimate of drug-likeness (QED) is 0.852. The van der Waals surface area contributed by atoms with Crippen LogP contribution in [0, 0.1) is 0 Å². The lowest BCUT2D eigenvalue weighted by Crippen LogP contribution is -3.13. The summed E-state index contributed by atoms with van der Waals surface area (Å²) < 4.78 is 5.48. The summed E-state index contributed by atoms with van der Waals surface area (Å²) in [5.74, 6) is 0.903. The molecule has 0 aliphatic carbocycles. The predicted molar refractivity (Wildman–Crippen MR) is 99.4 cm³/mol. The Hall–Kier alpha value is -2.53. The van der Waals surface area contributed by atoms with Gasteiger partial charge in [0.2, 0.25) is 0 Å². The van der Waals surface area contributed by atoms with Crippen molar-refractivity contribution < 1.29 is 14.4 Å². The highest BCUT2D eigenvalue weighted by Crippen LogP contribution is 2.27. The van der Waals surface area contributed by atoms with Gasteiger partial charge in [0.05, 0.1) is 39.0 Å². The van der Waals surface area contributed by atoms with Crippen molar-refractivity contribution in [2.75, 3.05) is 45.2 Å². The van der Waals surface area contributed by atoms with E-state index in [4.69, 9.17) is 4.74 Å². The lowest BCUT2D eigenvalue weighted by molar-refractivity contribution is -0.914. The first kappa shape index (κ1) is 17.3. The van der Waals surface area contributed by atoms with Gasteiger partial charge in [-0.25, -0.2) is 0 Å². The van der Waals surface area contributed by atoms with Crippen LogP contribution < -0.4 is 19.9 Å². The highest BCUT2D eigenvalue weighted by atomic mass is 16.5. The zero-order valence-corrected chi connectivity index (χ0v) is 14.9. The van der Waals surface area contributed by atoms with Crippen molar-refractivity contribution in [3.05, 3.63) is 59.7 Å². The van der Waals surface area contributed by atoms with Crippen LogP contribution in [-0.2, 0) is 6.54 Å². The molecule has 1 saturated heterocycles. The maximum absolute atomic E-state index is 11.6. The highest BCUT2D eigenvalue weighted by Gasteiger charge is 2.22. The number of methoxy groups -OCH3 is 1. The van der Waals surface area contributed by atoms with Crippen molar-refractivity contribution in [1.82, 2.24) is 5.32 Å². The molecule has 3 rings (SSSR count). The Kier molecular flexibility index (Phi) is 5.56. The average molecular weight is 340 g/mol. The van der Waals surface area contributed by atoms with Crippen LogP contribution in [0.15, 0.2) is 48.5 Å². The van der Waals surface area contributed by atoms with Gasteiger partial charge in [0.1, 0.15) is 12.3 Å². The van der Waals surface area contributed by atoms with Gasteiger partial charge in [-0.1, -0.05) is 24.3 Å². The van der Waals surface area contributed by atoms with Crippen molar-refractivity contribution in [3.63, 3.8) is 0 Å². The molecule has 1 aliphatic rings. The molecule has 1 heterocycles. The normalized spacial score (nSPS) is 15.0. The fraction of sp³-hybridized carbons (Fsp3) is 0.350. The van der Waals surface area contributed by atoms with Gasteiger partial charge in [-0.15, -0.1) is 0 Å². The molecule has 5 nitrogen and oxygen atoms in total. The third-order valence-electron chi connectivity index (χ3n) is 4.79. The number of piperazine rings is 1. The molecule has 0 bridgehead atoms. The Morgan fingerprint density at radius 2 is 1.80 bits per heavy atom. The second-order valence-electron chi connectivity index (χ2n) is 6.36. The van der Waals surface area contributed by atoms with E-state index in [0.29, 0.717) is 5.56 Å². The lowest BCUT2D eigenvalue weighted by atomic mass is 10.1. The number of para-hydroxylation sites is 2. The number of nitrogens with zero attached hydrogens (tertiary/aromatic N) is 1. The van der Waals surface area contributed by atoms with Gasteiger partial charge in [-0.2, -0.15) is 0 Å². The zero-order valence-electron chi connectivity index (χ0n) is 14.9. The van der Waals surface area contributed by atoms with E-state index in [2.05, 4.69) is 34.5 Å². The van der Waals surface area contributed by atoms with E-state index in [0.717, 1.165) is 38.5 Å². The number of ether oxygens (including phenoxy) is 1. The van der Waals surface area contributed by atoms with Crippen molar-refractivity contribution in [1.29, 1.82) is 0 Å². The minimum absolute atomic E-state index is 0.0377. The van der Waals surface area contributed by atoms with E-state index < -0.39 is 0 Å². The molecule has 25 heavy (non-hydrogen) atoms. The van der Waals surface area contributed by atoms with Crippen LogP contribution in [-0.4, -0.2) is 46.2 Å². The van der Waals surface area contributed by atoms with Crippen LogP contribution in [0.2, 0.25) is 0 Å². The smallest absolute Gasteiger partial charge is 0.251 e. The molecule has 132 valence electrons. The number of benzene rings is 2. The maximum Gasteiger partial charge on any atom is 0.251 e. The lowest BCUT2D eigenvalue weighted by Gasteiger charge is -2.34. The Balaban J connectivity index is 1.56. The standard InChI is InChI=1S/C20H25N3O2/c1-21-20(24)17-9-7-16(8-10-17)15-22-11-13-23(14-12-22)18-5-3-4-6-19(18)25-2/h3-10H,11-15H2,1-2H3,(H,21,24)/p+1. The number of carbonyl (C=O) groups excluding carboxylic acids is 1. The molecule has 1 fully saturated rings. The largest absolute Gasteiger partial charge is 0.495 e. The van der Waals surface area contributed by atoms with Gasteiger partial charge in [0.25, 0.3) is 5.91 Å². The number of anilines is 1. The minimum Gasteiger partial charge on any atom is -0.495 e. The molecule has 0 atom stereocenters. The van der Waals surface area contributed by atoms with Crippen LogP contribution in [0.1, 0.15) is 15.9 Å². The van der Waals surface area contributed by atoms with Crippen molar-refractivity contribution >= 4 is 11.6 Å². The first-order valence-electron chi connectivity index (χ1n) is 8.74. The molecule has 1 amide bonds. The monoisotopic (exact) mass is 340 g/mol. The summed E-state index contributed by atoms with van der Waals surface area (Å²) in [5, 5.41) is 2.65. The number of hydrogen-bond acceptors (Lipinski definition) is 3. The van der Waals surface area contributed by atoms with Gasteiger partial charge < -0.3 is 19.9 Å². The summed E-state index contributed by atoms with van der Waals surface area (Å²) in [7, 11) is 3.38. The molecule has 0 spiro atoms. The highest BCUT2D eigenvalue weighted by molar-refractivity contribution is 5.93. The molecule has 2 aromatic rings. The SMILES string of the molecule is CNC(=O)c1ccc(C[NH+]2CCN(c3ccccc3OC)CC2)cc1. The molecule has 1 aliphatic heterocycles. The topological polar surface area (TPSA) is 46.0 Å². The van der Waals surface area contributed by atoms with Crippen LogP contribution in [0.5, 0.6) is 5.75 Å². The van der Waals surface area contributed by atoms with Crippen LogP contribution in [0.4, 0.5) is 5.69 Å². The maximum atomic E-state index is 11.6. The molecule has 0 unspecified atom stereocenters. The van der Waals surface area contributed by atoms with Gasteiger partial charge in [-0.05, 0) is 24.3 Å². The molecule has 5 heteroatoms. The van der Waals surface area contributed by atoms with Crippen LogP contribution >= 0.6 is 0 Å². The third-order valence-corrected chi connectivity index (χ3v) is 4.79. The Morgan fingerprint density at radius 1 is 1.12 bits per heavy atom. The molecule has 0 saturated carbocycles. The van der Waals surface area contributed by atoms with E-state index in [1.165, 1.54) is 11.3 Å². The summed E-state index contributed by atoms with van der Waals surface area (Å²) in [6.45, 7) is 5.22. The van der Waals surface area contributed by atoms with Crippen LogP contribution in [0.25, 0.3) is 0 Å². The molecule has 2 N–H and O–H groups in total. The molecule has 2 aromatic carbocycles. The van der Waals surface area contributed by atoms with Crippen molar-refractivity contribution in [2.24, 2.45) is 0 Å². The molecular weight excluding hydrogens is 314 g/mol. The minimum atomic E-state index is -0.0377. The number of hydrogen-bond donors (Lipinski definition) is 2. The average Bonchev–Trinajstić information content (AvgIpc) is 2.68. The van der Waals surface area contributed by atoms with Crippen molar-refractivity contribution in [2.45, 2.75) is 6.54 Å². The van der Waals surface area contributed by atoms with E-state index in [9.17, 15) is 4.79 Å². The van der Waals surface area contributed by atoms with Crippen LogP contribution in [0.3, 0.4) is 0 Å². The summed E-state index contributed by atoms with van der Waals surface area (Å²) in [6.07, 6.45) is 0. The van der Waals surface area contributed by atoms with E-state index in [1.807, 2.05) is 24.3 Å². The first-order valence-corrected chi connectivity index (χ1v) is 8.74. The van der Waals surface area contributed by atoms with Gasteiger partial charge >= 0.3 is 0 Å². The Bertz CT molecular complexity index is 707. The Morgan fingerprint density at radius 3 is 2.44 bits per heavy atom. The Labute approximate surface area is 149 Å².